The van der Waals surface area contributed by atoms with Crippen LogP contribution in [0.15, 0.2) is 18.2 Å². The van der Waals surface area contributed by atoms with Gasteiger partial charge in [-0.05, 0) is 43.1 Å². The fourth-order valence-corrected chi connectivity index (χ4v) is 2.59. The molecule has 0 aliphatic carbocycles. The van der Waals surface area contributed by atoms with E-state index in [9.17, 15) is 31.4 Å². The van der Waals surface area contributed by atoms with E-state index in [4.69, 9.17) is 0 Å². The number of aliphatic hydroxyl groups is 1. The number of hydrogen-bond acceptors (Lipinski definition) is 2. The maximum Gasteiger partial charge on any atom is 0.416 e. The predicted octanol–water partition coefficient (Wildman–Crippen LogP) is 3.68. The summed E-state index contributed by atoms with van der Waals surface area (Å²) in [7, 11) is 0. The van der Waals surface area contributed by atoms with Gasteiger partial charge in [-0.3, -0.25) is 4.90 Å². The number of β-amino-alcohol motifs (C(OH)–C–C–N with tert-alkyl or cyclic N) is 1. The molecule has 1 aromatic rings. The van der Waals surface area contributed by atoms with Crippen LogP contribution in [0.1, 0.15) is 29.5 Å². The van der Waals surface area contributed by atoms with Gasteiger partial charge in [0.25, 0.3) is 0 Å². The van der Waals surface area contributed by atoms with Crippen LogP contribution >= 0.6 is 0 Å². The minimum atomic E-state index is -4.71. The predicted molar refractivity (Wildman–Crippen MR) is 67.0 cm³/mol. The van der Waals surface area contributed by atoms with Gasteiger partial charge in [0, 0.05) is 13.1 Å². The molecule has 1 aliphatic heterocycles. The first kappa shape index (κ1) is 17.1. The van der Waals surface area contributed by atoms with Crippen LogP contribution in [0.5, 0.6) is 0 Å². The Morgan fingerprint density at radius 2 is 1.77 bits per heavy atom. The first-order valence-corrected chi connectivity index (χ1v) is 6.75. The zero-order valence-electron chi connectivity index (χ0n) is 11.5. The molecule has 0 spiro atoms. The quantitative estimate of drug-likeness (QED) is 0.838. The van der Waals surface area contributed by atoms with Crippen LogP contribution in [0, 0.1) is 0 Å². The molecular formula is C14H15F6NO. The third-order valence-corrected chi connectivity index (χ3v) is 3.61. The molecule has 1 aliphatic rings. The fourth-order valence-electron chi connectivity index (χ4n) is 2.59. The molecule has 0 aromatic heterocycles. The molecule has 124 valence electrons. The molecule has 1 fully saturated rings. The van der Waals surface area contributed by atoms with Crippen molar-refractivity contribution in [3.05, 3.63) is 34.9 Å². The van der Waals surface area contributed by atoms with Crippen LogP contribution in [0.25, 0.3) is 0 Å². The molecule has 0 amide bonds. The summed E-state index contributed by atoms with van der Waals surface area (Å²) in [5.74, 6) is 0. The Balaban J connectivity index is 2.33. The van der Waals surface area contributed by atoms with E-state index < -0.39 is 35.1 Å². The minimum Gasteiger partial charge on any atom is -0.392 e. The smallest absolute Gasteiger partial charge is 0.392 e. The van der Waals surface area contributed by atoms with Crippen LogP contribution < -0.4 is 0 Å². The average molecular weight is 327 g/mol. The third kappa shape index (κ3) is 4.13. The van der Waals surface area contributed by atoms with Gasteiger partial charge in [0.2, 0.25) is 0 Å². The number of likely N-dealkylation sites (tertiary alicyclic amines) is 1. The second-order valence-corrected chi connectivity index (χ2v) is 5.40. The lowest BCUT2D eigenvalue weighted by atomic mass is 10.0. The standard InChI is InChI=1S/C14H15F6NO/c15-13(16,17)10-3-4-12(14(18,19)20)9(6-10)7-21-5-1-2-11(22)8-21/h3-4,6,11,22H,1-2,5,7-8H2/t11-/m0/s1. The molecule has 2 rings (SSSR count). The maximum absolute atomic E-state index is 13.0. The summed E-state index contributed by atoms with van der Waals surface area (Å²) in [5.41, 5.74) is -2.59. The van der Waals surface area contributed by atoms with Gasteiger partial charge in [0.1, 0.15) is 0 Å². The van der Waals surface area contributed by atoms with E-state index >= 15 is 0 Å². The number of rotatable bonds is 2. The van der Waals surface area contributed by atoms with Crippen molar-refractivity contribution in [2.24, 2.45) is 0 Å². The van der Waals surface area contributed by atoms with Gasteiger partial charge in [-0.2, -0.15) is 26.3 Å². The number of aliphatic hydroxyl groups excluding tert-OH is 1. The lowest BCUT2D eigenvalue weighted by Gasteiger charge is -2.31. The molecule has 1 saturated heterocycles. The summed E-state index contributed by atoms with van der Waals surface area (Å²) in [6.45, 7) is 0.341. The van der Waals surface area contributed by atoms with Crippen LogP contribution in [0.4, 0.5) is 26.3 Å². The molecule has 8 heteroatoms. The Labute approximate surface area is 123 Å². The van der Waals surface area contributed by atoms with Crippen LogP contribution in [-0.2, 0) is 18.9 Å². The number of alkyl halides is 6. The highest BCUT2D eigenvalue weighted by Gasteiger charge is 2.37. The normalized spacial score (nSPS) is 21.1. The highest BCUT2D eigenvalue weighted by Crippen LogP contribution is 2.37. The second kappa shape index (κ2) is 6.08. The summed E-state index contributed by atoms with van der Waals surface area (Å²) in [5, 5.41) is 9.53. The Hall–Kier alpha value is -1.28. The fraction of sp³-hybridized carbons (Fsp3) is 0.571. The summed E-state index contributed by atoms with van der Waals surface area (Å²) in [6.07, 6.45) is -8.92. The summed E-state index contributed by atoms with van der Waals surface area (Å²) < 4.78 is 77.0. The highest BCUT2D eigenvalue weighted by molar-refractivity contribution is 5.35. The van der Waals surface area contributed by atoms with E-state index in [0.717, 1.165) is 0 Å². The average Bonchev–Trinajstić information content (AvgIpc) is 2.36. The Bertz CT molecular complexity index is 525. The van der Waals surface area contributed by atoms with Crippen molar-refractivity contribution in [1.29, 1.82) is 0 Å². The van der Waals surface area contributed by atoms with E-state index in [1.165, 1.54) is 0 Å². The van der Waals surface area contributed by atoms with Gasteiger partial charge in [-0.15, -0.1) is 0 Å². The first-order valence-electron chi connectivity index (χ1n) is 6.75. The molecule has 0 bridgehead atoms. The maximum atomic E-state index is 13.0. The van der Waals surface area contributed by atoms with Gasteiger partial charge >= 0.3 is 12.4 Å². The van der Waals surface area contributed by atoms with Crippen molar-refractivity contribution in [3.63, 3.8) is 0 Å². The zero-order chi connectivity index (χ0) is 16.5. The van der Waals surface area contributed by atoms with Crippen molar-refractivity contribution in [2.45, 2.75) is 37.8 Å². The molecule has 1 N–H and O–H groups in total. The van der Waals surface area contributed by atoms with Crippen LogP contribution in [-0.4, -0.2) is 29.2 Å². The Kier molecular flexibility index (Phi) is 4.72. The molecule has 0 saturated carbocycles. The van der Waals surface area contributed by atoms with Crippen molar-refractivity contribution in [3.8, 4) is 0 Å². The molecule has 0 radical (unpaired) electrons. The monoisotopic (exact) mass is 327 g/mol. The summed E-state index contributed by atoms with van der Waals surface area (Å²) in [4.78, 5) is 1.54. The first-order chi connectivity index (χ1) is 10.1. The molecule has 22 heavy (non-hydrogen) atoms. The lowest BCUT2D eigenvalue weighted by Crippen LogP contribution is -2.38. The highest BCUT2D eigenvalue weighted by atomic mass is 19.4. The third-order valence-electron chi connectivity index (χ3n) is 3.61. The molecule has 2 nitrogen and oxygen atoms in total. The number of nitrogens with zero attached hydrogens (tertiary/aromatic N) is 1. The van der Waals surface area contributed by atoms with Crippen molar-refractivity contribution in [2.75, 3.05) is 13.1 Å². The van der Waals surface area contributed by atoms with Crippen molar-refractivity contribution in [1.82, 2.24) is 4.90 Å². The van der Waals surface area contributed by atoms with E-state index in [1.54, 1.807) is 4.90 Å². The van der Waals surface area contributed by atoms with Crippen LogP contribution in [0.3, 0.4) is 0 Å². The Morgan fingerprint density at radius 1 is 1.09 bits per heavy atom. The van der Waals surface area contributed by atoms with Crippen molar-refractivity contribution < 1.29 is 31.4 Å². The lowest BCUT2D eigenvalue weighted by molar-refractivity contribution is -0.142. The number of piperidine rings is 1. The molecule has 1 aromatic carbocycles. The van der Waals surface area contributed by atoms with E-state index in [0.29, 0.717) is 37.6 Å². The molecule has 1 heterocycles. The van der Waals surface area contributed by atoms with Crippen molar-refractivity contribution >= 4 is 0 Å². The van der Waals surface area contributed by atoms with Gasteiger partial charge in [0.05, 0.1) is 17.2 Å². The Morgan fingerprint density at radius 3 is 2.32 bits per heavy atom. The van der Waals surface area contributed by atoms with Gasteiger partial charge < -0.3 is 5.11 Å². The SMILES string of the molecule is O[C@H]1CCCN(Cc2cc(C(F)(F)F)ccc2C(F)(F)F)C1. The topological polar surface area (TPSA) is 23.5 Å². The molecule has 0 unspecified atom stereocenters. The largest absolute Gasteiger partial charge is 0.416 e. The molecule has 1 atom stereocenters. The van der Waals surface area contributed by atoms with Gasteiger partial charge in [-0.25, -0.2) is 0 Å². The van der Waals surface area contributed by atoms with E-state index in [-0.39, 0.29) is 13.1 Å². The van der Waals surface area contributed by atoms with Crippen LogP contribution in [0.2, 0.25) is 0 Å². The van der Waals surface area contributed by atoms with E-state index in [1.807, 2.05) is 0 Å². The summed E-state index contributed by atoms with van der Waals surface area (Å²) >= 11 is 0. The number of benzene rings is 1. The molecular weight excluding hydrogens is 312 g/mol. The van der Waals surface area contributed by atoms with Gasteiger partial charge in [0.15, 0.2) is 0 Å². The number of halogens is 6. The minimum absolute atomic E-state index is 0.160. The van der Waals surface area contributed by atoms with E-state index in [2.05, 4.69) is 0 Å². The second-order valence-electron chi connectivity index (χ2n) is 5.40. The summed E-state index contributed by atoms with van der Waals surface area (Å²) in [6, 6.07) is 1.46. The van der Waals surface area contributed by atoms with Gasteiger partial charge in [-0.1, -0.05) is 0 Å². The zero-order valence-corrected chi connectivity index (χ0v) is 11.5. The number of hydrogen-bond donors (Lipinski definition) is 1.